The molecule has 1 aromatic rings. The van der Waals surface area contributed by atoms with Crippen molar-refractivity contribution < 1.29 is 30.5 Å². The molecule has 0 radical (unpaired) electrons. The average molecular weight is 430 g/mol. The van der Waals surface area contributed by atoms with E-state index in [1.165, 1.54) is 18.7 Å². The molecule has 160 valence electrons. The van der Waals surface area contributed by atoms with Crippen LogP contribution in [-0.4, -0.2) is 21.0 Å². The predicted octanol–water partition coefficient (Wildman–Crippen LogP) is 5.34. The lowest BCUT2D eigenvalue weighted by atomic mass is 9.55. The second-order valence-corrected chi connectivity index (χ2v) is 10.2. The fraction of sp³-hybridized carbons (Fsp3) is 0.619. The molecule has 0 amide bonds. The first-order valence-electron chi connectivity index (χ1n) is 9.88. The molecule has 4 atom stereocenters. The molecule has 2 fully saturated rings. The summed E-state index contributed by atoms with van der Waals surface area (Å²) in [5.74, 6) is 0.966. The Labute approximate surface area is 169 Å². The third-order valence-corrected chi connectivity index (χ3v) is 8.41. The molecular formula is C21H25F3O4S. The van der Waals surface area contributed by atoms with Crippen molar-refractivity contribution in [3.8, 4) is 11.5 Å². The first kappa shape index (κ1) is 20.6. The van der Waals surface area contributed by atoms with E-state index in [1.54, 1.807) is 6.07 Å². The van der Waals surface area contributed by atoms with Crippen LogP contribution in [-0.2, 0) is 16.5 Å². The third kappa shape index (κ3) is 3.14. The summed E-state index contributed by atoms with van der Waals surface area (Å²) in [6, 6.07) is 3.09. The number of allylic oxidation sites excluding steroid dienone is 1. The van der Waals surface area contributed by atoms with Gasteiger partial charge in [0.05, 0.1) is 7.11 Å². The quantitative estimate of drug-likeness (QED) is 0.369. The molecule has 0 saturated heterocycles. The molecule has 0 aliphatic heterocycles. The lowest BCUT2D eigenvalue weighted by molar-refractivity contribution is -0.0500. The van der Waals surface area contributed by atoms with Crippen LogP contribution in [0.4, 0.5) is 13.2 Å². The molecule has 29 heavy (non-hydrogen) atoms. The van der Waals surface area contributed by atoms with Gasteiger partial charge in [-0.1, -0.05) is 19.1 Å². The molecule has 4 rings (SSSR count). The number of fused-ring (bicyclic) bond motifs is 5. The van der Waals surface area contributed by atoms with E-state index in [1.807, 2.05) is 0 Å². The Hall–Kier alpha value is -1.70. The molecule has 0 aromatic heterocycles. The van der Waals surface area contributed by atoms with Gasteiger partial charge in [0.25, 0.3) is 0 Å². The SMILES string of the molecule is C=C1CC[C@H]2[C@@H]3CCc4cc(OS(=O)(=O)C(F)(F)F)c(OC)cc4[C@H]3CC[C@]12C. The summed E-state index contributed by atoms with van der Waals surface area (Å²) in [6.45, 7) is 6.62. The second-order valence-electron chi connectivity index (χ2n) is 8.70. The van der Waals surface area contributed by atoms with E-state index in [0.717, 1.165) is 43.2 Å². The van der Waals surface area contributed by atoms with Gasteiger partial charge in [-0.25, -0.2) is 0 Å². The zero-order valence-electron chi connectivity index (χ0n) is 16.5. The molecule has 1 aromatic carbocycles. The zero-order valence-corrected chi connectivity index (χ0v) is 17.3. The van der Waals surface area contributed by atoms with Crippen LogP contribution in [0.2, 0.25) is 0 Å². The highest BCUT2D eigenvalue weighted by Crippen LogP contribution is 2.62. The lowest BCUT2D eigenvalue weighted by Crippen LogP contribution is -2.40. The van der Waals surface area contributed by atoms with Crippen molar-refractivity contribution in [2.75, 3.05) is 7.11 Å². The van der Waals surface area contributed by atoms with Gasteiger partial charge >= 0.3 is 15.6 Å². The minimum Gasteiger partial charge on any atom is -0.493 e. The number of alkyl halides is 3. The van der Waals surface area contributed by atoms with Crippen LogP contribution in [0, 0.1) is 17.3 Å². The topological polar surface area (TPSA) is 52.6 Å². The Bertz CT molecular complexity index is 953. The minimum atomic E-state index is -5.75. The van der Waals surface area contributed by atoms with Crippen molar-refractivity contribution in [1.82, 2.24) is 0 Å². The Kier molecular flexibility index (Phi) is 4.72. The summed E-state index contributed by atoms with van der Waals surface area (Å²) in [7, 11) is -4.45. The van der Waals surface area contributed by atoms with Gasteiger partial charge in [0.15, 0.2) is 11.5 Å². The van der Waals surface area contributed by atoms with Crippen LogP contribution in [0.1, 0.15) is 56.1 Å². The number of benzene rings is 1. The lowest BCUT2D eigenvalue weighted by Gasteiger charge is -2.49. The first-order chi connectivity index (χ1) is 13.5. The monoisotopic (exact) mass is 430 g/mol. The molecule has 2 saturated carbocycles. The minimum absolute atomic E-state index is 0.0152. The van der Waals surface area contributed by atoms with Crippen LogP contribution >= 0.6 is 0 Å². The van der Waals surface area contributed by atoms with E-state index in [4.69, 9.17) is 4.74 Å². The highest BCUT2D eigenvalue weighted by Gasteiger charge is 2.52. The molecule has 0 N–H and O–H groups in total. The number of methoxy groups -OCH3 is 1. The number of halogens is 3. The maximum Gasteiger partial charge on any atom is 0.534 e. The van der Waals surface area contributed by atoms with Crippen molar-refractivity contribution >= 4 is 10.1 Å². The Morgan fingerprint density at radius 2 is 1.86 bits per heavy atom. The summed E-state index contributed by atoms with van der Waals surface area (Å²) in [4.78, 5) is 0. The van der Waals surface area contributed by atoms with Gasteiger partial charge in [0.2, 0.25) is 0 Å². The van der Waals surface area contributed by atoms with Gasteiger partial charge in [-0.3, -0.25) is 0 Å². The van der Waals surface area contributed by atoms with Gasteiger partial charge < -0.3 is 8.92 Å². The third-order valence-electron chi connectivity index (χ3n) is 7.45. The van der Waals surface area contributed by atoms with E-state index in [2.05, 4.69) is 17.7 Å². The number of ether oxygens (including phenoxy) is 1. The van der Waals surface area contributed by atoms with Crippen LogP contribution in [0.5, 0.6) is 11.5 Å². The van der Waals surface area contributed by atoms with Gasteiger partial charge in [-0.15, -0.1) is 0 Å². The van der Waals surface area contributed by atoms with Crippen molar-refractivity contribution in [2.45, 2.75) is 56.9 Å². The van der Waals surface area contributed by atoms with Gasteiger partial charge in [0, 0.05) is 0 Å². The average Bonchev–Trinajstić information content (AvgIpc) is 2.94. The Morgan fingerprint density at radius 1 is 1.14 bits per heavy atom. The standard InChI is InChI=1S/C21H25F3O4S/c1-12-4-7-17-15-6-5-13-10-19(28-29(25,26)21(22,23)24)18(27-3)11-16(13)14(15)8-9-20(12,17)2/h10-11,14-15,17H,1,4-9H2,2-3H3/t14-,15+,17-,20+/m0/s1. The van der Waals surface area contributed by atoms with Crippen molar-refractivity contribution in [2.24, 2.45) is 17.3 Å². The zero-order chi connectivity index (χ0) is 21.2. The maximum absolute atomic E-state index is 12.7. The highest BCUT2D eigenvalue weighted by molar-refractivity contribution is 7.88. The van der Waals surface area contributed by atoms with E-state index in [-0.39, 0.29) is 11.2 Å². The maximum atomic E-state index is 12.7. The Balaban J connectivity index is 1.69. The number of aryl methyl sites for hydroxylation is 1. The van der Waals surface area contributed by atoms with E-state index < -0.39 is 21.4 Å². The summed E-state index contributed by atoms with van der Waals surface area (Å²) >= 11 is 0. The molecule has 4 nitrogen and oxygen atoms in total. The fourth-order valence-electron chi connectivity index (χ4n) is 5.87. The highest BCUT2D eigenvalue weighted by atomic mass is 32.2. The number of rotatable bonds is 3. The van der Waals surface area contributed by atoms with Crippen molar-refractivity contribution in [3.05, 3.63) is 35.4 Å². The van der Waals surface area contributed by atoms with Crippen LogP contribution in [0.25, 0.3) is 0 Å². The van der Waals surface area contributed by atoms with Crippen LogP contribution in [0.3, 0.4) is 0 Å². The summed E-state index contributed by atoms with van der Waals surface area (Å²) in [5, 5.41) is 0. The fourth-order valence-corrected chi connectivity index (χ4v) is 6.34. The van der Waals surface area contributed by atoms with Gasteiger partial charge in [0.1, 0.15) is 0 Å². The van der Waals surface area contributed by atoms with Gasteiger partial charge in [-0.2, -0.15) is 21.6 Å². The molecule has 0 heterocycles. The molecule has 0 bridgehead atoms. The predicted molar refractivity (Wildman–Crippen MR) is 102 cm³/mol. The van der Waals surface area contributed by atoms with E-state index in [9.17, 15) is 21.6 Å². The smallest absolute Gasteiger partial charge is 0.493 e. The van der Waals surface area contributed by atoms with Crippen molar-refractivity contribution in [3.63, 3.8) is 0 Å². The molecule has 0 unspecified atom stereocenters. The molecule has 3 aliphatic rings. The van der Waals surface area contributed by atoms with Crippen molar-refractivity contribution in [1.29, 1.82) is 0 Å². The second kappa shape index (κ2) is 6.65. The molecule has 3 aliphatic carbocycles. The first-order valence-corrected chi connectivity index (χ1v) is 11.3. The van der Waals surface area contributed by atoms with Crippen LogP contribution in [0.15, 0.2) is 24.3 Å². The summed E-state index contributed by atoms with van der Waals surface area (Å²) in [6.07, 6.45) is 5.83. The van der Waals surface area contributed by atoms with Crippen LogP contribution < -0.4 is 8.92 Å². The van der Waals surface area contributed by atoms with E-state index >= 15 is 0 Å². The number of hydrogen-bond acceptors (Lipinski definition) is 4. The summed E-state index contributed by atoms with van der Waals surface area (Å²) < 4.78 is 70.8. The number of hydrogen-bond donors (Lipinski definition) is 0. The normalized spacial score (nSPS) is 31.6. The van der Waals surface area contributed by atoms with E-state index in [0.29, 0.717) is 24.2 Å². The Morgan fingerprint density at radius 3 is 2.52 bits per heavy atom. The molecule has 0 spiro atoms. The van der Waals surface area contributed by atoms with Gasteiger partial charge in [-0.05, 0) is 85.0 Å². The summed E-state index contributed by atoms with van der Waals surface area (Å²) in [5.41, 5.74) is -2.08. The largest absolute Gasteiger partial charge is 0.534 e. The molecular weight excluding hydrogens is 405 g/mol. The molecule has 8 heteroatoms.